The average Bonchev–Trinajstić information content (AvgIpc) is 2.76. The number of amides is 1. The molecule has 28 heavy (non-hydrogen) atoms. The Morgan fingerprint density at radius 3 is 2.61 bits per heavy atom. The van der Waals surface area contributed by atoms with E-state index in [-0.39, 0.29) is 5.91 Å². The number of rotatable bonds is 3. The van der Waals surface area contributed by atoms with E-state index in [9.17, 15) is 4.79 Å². The lowest BCUT2D eigenvalue weighted by Crippen LogP contribution is -2.49. The molecule has 0 saturated carbocycles. The maximum atomic E-state index is 13.0. The summed E-state index contributed by atoms with van der Waals surface area (Å²) in [5.41, 5.74) is 3.78. The van der Waals surface area contributed by atoms with Gasteiger partial charge < -0.3 is 14.5 Å². The van der Waals surface area contributed by atoms with Gasteiger partial charge in [-0.1, -0.05) is 17.7 Å². The van der Waals surface area contributed by atoms with Crippen LogP contribution >= 0.6 is 11.6 Å². The number of carbonyl (C=O) groups is 1. The van der Waals surface area contributed by atoms with E-state index in [1.54, 1.807) is 0 Å². The number of aryl methyl sites for hydroxylation is 1. The van der Waals surface area contributed by atoms with Gasteiger partial charge >= 0.3 is 0 Å². The highest BCUT2D eigenvalue weighted by Gasteiger charge is 2.25. The van der Waals surface area contributed by atoms with Crippen LogP contribution < -0.4 is 4.90 Å². The van der Waals surface area contributed by atoms with Crippen LogP contribution in [0.25, 0.3) is 0 Å². The number of nitrogens with zero attached hydrogens (tertiary/aromatic N) is 4. The van der Waals surface area contributed by atoms with E-state index in [0.29, 0.717) is 24.7 Å². The van der Waals surface area contributed by atoms with Crippen LogP contribution in [0, 0.1) is 6.92 Å². The molecule has 1 amide bonds. The lowest BCUT2D eigenvalue weighted by atomic mass is 9.96. The van der Waals surface area contributed by atoms with Gasteiger partial charge in [-0.2, -0.15) is 0 Å². The molecule has 148 valence electrons. The predicted molar refractivity (Wildman–Crippen MR) is 109 cm³/mol. The number of piperazine rings is 1. The number of anilines is 1. The fourth-order valence-corrected chi connectivity index (χ4v) is 4.11. The van der Waals surface area contributed by atoms with Gasteiger partial charge in [-0.15, -0.1) is 0 Å². The van der Waals surface area contributed by atoms with Gasteiger partial charge in [-0.05, 0) is 43.5 Å². The summed E-state index contributed by atoms with van der Waals surface area (Å²) < 4.78 is 5.42. The second-order valence-corrected chi connectivity index (χ2v) is 7.86. The monoisotopic (exact) mass is 400 g/mol. The van der Waals surface area contributed by atoms with Crippen LogP contribution in [-0.4, -0.2) is 60.2 Å². The second-order valence-electron chi connectivity index (χ2n) is 7.42. The summed E-state index contributed by atoms with van der Waals surface area (Å²) in [5, 5.41) is 0.737. The average molecular weight is 401 g/mol. The molecule has 0 spiro atoms. The molecule has 2 fully saturated rings. The smallest absolute Gasteiger partial charge is 0.272 e. The Morgan fingerprint density at radius 1 is 1.11 bits per heavy atom. The highest BCUT2D eigenvalue weighted by molar-refractivity contribution is 6.30. The van der Waals surface area contributed by atoms with Gasteiger partial charge in [0, 0.05) is 61.7 Å². The van der Waals surface area contributed by atoms with Crippen molar-refractivity contribution in [3.8, 4) is 0 Å². The van der Waals surface area contributed by atoms with Crippen LogP contribution in [0.1, 0.15) is 40.5 Å². The van der Waals surface area contributed by atoms with E-state index < -0.39 is 0 Å². The van der Waals surface area contributed by atoms with Crippen LogP contribution in [0.2, 0.25) is 5.02 Å². The van der Waals surface area contributed by atoms with E-state index in [4.69, 9.17) is 16.3 Å². The molecule has 2 aliphatic heterocycles. The molecule has 0 bridgehead atoms. The molecule has 1 aromatic carbocycles. The number of ether oxygens (including phenoxy) is 1. The predicted octanol–water partition coefficient (Wildman–Crippen LogP) is 3.29. The third kappa shape index (κ3) is 4.13. The molecule has 1 aromatic heterocycles. The second kappa shape index (κ2) is 8.45. The Kier molecular flexibility index (Phi) is 5.78. The Labute approximate surface area is 170 Å². The molecular formula is C21H25ClN4O2. The number of hydrogen-bond donors (Lipinski definition) is 0. The van der Waals surface area contributed by atoms with Gasteiger partial charge in [0.2, 0.25) is 0 Å². The number of halogens is 1. The molecule has 0 atom stereocenters. The van der Waals surface area contributed by atoms with Crippen LogP contribution in [0.4, 0.5) is 5.69 Å². The standard InChI is InChI=1S/C21H25ClN4O2/c1-15-2-3-17(22)12-20(15)25-6-8-26(9-7-25)21(27)19-13-18(23-14-24-19)16-4-10-28-11-5-16/h2-3,12-14,16H,4-11H2,1H3. The summed E-state index contributed by atoms with van der Waals surface area (Å²) >= 11 is 6.16. The van der Waals surface area contributed by atoms with Gasteiger partial charge in [0.05, 0.1) is 0 Å². The molecule has 6 nitrogen and oxygen atoms in total. The van der Waals surface area contributed by atoms with Crippen LogP contribution in [0.3, 0.4) is 0 Å². The third-order valence-corrected chi connectivity index (χ3v) is 5.86. The van der Waals surface area contributed by atoms with Gasteiger partial charge in [0.15, 0.2) is 0 Å². The molecule has 0 N–H and O–H groups in total. The van der Waals surface area contributed by atoms with Crippen molar-refractivity contribution >= 4 is 23.2 Å². The van der Waals surface area contributed by atoms with E-state index in [0.717, 1.165) is 55.5 Å². The summed E-state index contributed by atoms with van der Waals surface area (Å²) in [6, 6.07) is 7.81. The number of hydrogen-bond acceptors (Lipinski definition) is 5. The van der Waals surface area contributed by atoms with Crippen molar-refractivity contribution in [3.05, 3.63) is 52.6 Å². The minimum absolute atomic E-state index is 0.0156. The molecule has 4 rings (SSSR count). The van der Waals surface area contributed by atoms with Crippen LogP contribution in [-0.2, 0) is 4.74 Å². The maximum Gasteiger partial charge on any atom is 0.272 e. The molecule has 3 heterocycles. The Balaban J connectivity index is 1.42. The van der Waals surface area contributed by atoms with E-state index in [1.165, 1.54) is 11.9 Å². The summed E-state index contributed by atoms with van der Waals surface area (Å²) in [4.78, 5) is 25.8. The molecular weight excluding hydrogens is 376 g/mol. The SMILES string of the molecule is Cc1ccc(Cl)cc1N1CCN(C(=O)c2cc(C3CCOCC3)ncn2)CC1. The van der Waals surface area contributed by atoms with Crippen molar-refractivity contribution < 1.29 is 9.53 Å². The van der Waals surface area contributed by atoms with E-state index in [1.807, 2.05) is 29.2 Å². The molecule has 2 saturated heterocycles. The first-order valence-corrected chi connectivity index (χ1v) is 10.2. The number of benzene rings is 1. The molecule has 0 unspecified atom stereocenters. The fourth-order valence-electron chi connectivity index (χ4n) is 3.94. The van der Waals surface area contributed by atoms with Gasteiger partial charge in [-0.3, -0.25) is 4.79 Å². The quantitative estimate of drug-likeness (QED) is 0.791. The molecule has 7 heteroatoms. The Morgan fingerprint density at radius 2 is 1.86 bits per heavy atom. The first kappa shape index (κ1) is 19.2. The van der Waals surface area contributed by atoms with Gasteiger partial charge in [0.25, 0.3) is 5.91 Å². The molecule has 2 aromatic rings. The van der Waals surface area contributed by atoms with Crippen molar-refractivity contribution in [3.63, 3.8) is 0 Å². The lowest BCUT2D eigenvalue weighted by Gasteiger charge is -2.36. The molecule has 0 aliphatic carbocycles. The third-order valence-electron chi connectivity index (χ3n) is 5.63. The van der Waals surface area contributed by atoms with E-state index >= 15 is 0 Å². The zero-order valence-electron chi connectivity index (χ0n) is 16.1. The Hall–Kier alpha value is -2.18. The van der Waals surface area contributed by atoms with Crippen molar-refractivity contribution in [2.45, 2.75) is 25.7 Å². The summed E-state index contributed by atoms with van der Waals surface area (Å²) in [5.74, 6) is 0.337. The lowest BCUT2D eigenvalue weighted by molar-refractivity contribution is 0.0739. The van der Waals surface area contributed by atoms with Crippen molar-refractivity contribution in [1.82, 2.24) is 14.9 Å². The molecule has 2 aliphatic rings. The normalized spacial score (nSPS) is 18.4. The summed E-state index contributed by atoms with van der Waals surface area (Å²) in [6.07, 6.45) is 3.41. The van der Waals surface area contributed by atoms with E-state index in [2.05, 4.69) is 21.8 Å². The maximum absolute atomic E-state index is 13.0. The fraction of sp³-hybridized carbons (Fsp3) is 0.476. The number of carbonyl (C=O) groups excluding carboxylic acids is 1. The summed E-state index contributed by atoms with van der Waals surface area (Å²) in [7, 11) is 0. The highest BCUT2D eigenvalue weighted by Crippen LogP contribution is 2.27. The van der Waals surface area contributed by atoms with Crippen molar-refractivity contribution in [1.29, 1.82) is 0 Å². The zero-order valence-corrected chi connectivity index (χ0v) is 16.9. The number of aromatic nitrogens is 2. The highest BCUT2D eigenvalue weighted by atomic mass is 35.5. The van der Waals surface area contributed by atoms with Crippen molar-refractivity contribution in [2.75, 3.05) is 44.3 Å². The Bertz CT molecular complexity index is 846. The van der Waals surface area contributed by atoms with Crippen molar-refractivity contribution in [2.24, 2.45) is 0 Å². The topological polar surface area (TPSA) is 58.6 Å². The molecule has 0 radical (unpaired) electrons. The minimum Gasteiger partial charge on any atom is -0.381 e. The summed E-state index contributed by atoms with van der Waals surface area (Å²) in [6.45, 7) is 6.49. The van der Waals surface area contributed by atoms with Gasteiger partial charge in [0.1, 0.15) is 12.0 Å². The zero-order chi connectivity index (χ0) is 19.5. The first-order valence-electron chi connectivity index (χ1n) is 9.82. The van der Waals surface area contributed by atoms with Crippen LogP contribution in [0.5, 0.6) is 0 Å². The minimum atomic E-state index is -0.0156. The van der Waals surface area contributed by atoms with Crippen LogP contribution in [0.15, 0.2) is 30.6 Å². The largest absolute Gasteiger partial charge is 0.381 e. The van der Waals surface area contributed by atoms with Gasteiger partial charge in [-0.25, -0.2) is 9.97 Å². The first-order chi connectivity index (χ1) is 13.6.